The Hall–Kier alpha value is 0.574. The fourth-order valence-electron chi connectivity index (χ4n) is 0.322. The molecule has 0 aromatic carbocycles. The Kier molecular flexibility index (Phi) is 8.12. The number of oxime groups is 1. The second-order valence-electron chi connectivity index (χ2n) is 1.30. The maximum Gasteiger partial charge on any atom is 0.0245 e. The van der Waals surface area contributed by atoms with Crippen molar-refractivity contribution in [2.45, 2.75) is 13.3 Å². The first-order valence-electron chi connectivity index (χ1n) is 1.90. The van der Waals surface area contributed by atoms with E-state index in [9.17, 15) is 0 Å². The van der Waals surface area contributed by atoms with Gasteiger partial charge in [0.15, 0.2) is 0 Å². The summed E-state index contributed by atoms with van der Waals surface area (Å²) in [7, 11) is 0. The molecule has 0 N–H and O–H groups in total. The smallest absolute Gasteiger partial charge is 0.0245 e. The predicted octanol–water partition coefficient (Wildman–Crippen LogP) is 1.39. The summed E-state index contributed by atoms with van der Waals surface area (Å²) < 4.78 is 0. The molecule has 0 fully saturated rings. The van der Waals surface area contributed by atoms with Crippen LogP contribution in [0.5, 0.6) is 0 Å². The van der Waals surface area contributed by atoms with Crippen LogP contribution in [0, 0.1) is 14.0 Å². The Labute approximate surface area is 75.5 Å². The van der Waals surface area contributed by atoms with E-state index in [4.69, 9.17) is 0 Å². The minimum atomic E-state index is 0. The summed E-state index contributed by atoms with van der Waals surface area (Å²) in [5, 5.41) is 3.60. The summed E-state index contributed by atoms with van der Waals surface area (Å²) in [5.41, 5.74) is 1.05. The summed E-state index contributed by atoms with van der Waals surface area (Å²) in [6, 6.07) is 0. The van der Waals surface area contributed by atoms with Crippen molar-refractivity contribution < 1.29 is 37.5 Å². The van der Waals surface area contributed by atoms with Gasteiger partial charge in [0.05, 0.1) is 0 Å². The van der Waals surface area contributed by atoms with Gasteiger partial charge < -0.3 is 12.3 Å². The van der Waals surface area contributed by atoms with E-state index in [1.54, 1.807) is 6.61 Å². The van der Waals surface area contributed by atoms with Crippen LogP contribution in [-0.2, 0) is 37.5 Å². The molecule has 0 saturated heterocycles. The molecule has 1 aliphatic rings. The maximum absolute atomic E-state index is 4.52. The van der Waals surface area contributed by atoms with Crippen LogP contribution in [0.15, 0.2) is 5.16 Å². The summed E-state index contributed by atoms with van der Waals surface area (Å²) >= 11 is 0. The van der Waals surface area contributed by atoms with E-state index in [0.717, 1.165) is 12.1 Å². The number of rotatable bonds is 0. The van der Waals surface area contributed by atoms with Gasteiger partial charge in [-0.25, -0.2) is 0 Å². The molecule has 0 aromatic rings. The van der Waals surface area contributed by atoms with Gasteiger partial charge in [-0.1, -0.05) is 0 Å². The molecular weight excluding hydrogens is 179 g/mol. The van der Waals surface area contributed by atoms with Gasteiger partial charge in [-0.2, -0.15) is 0 Å². The van der Waals surface area contributed by atoms with Crippen molar-refractivity contribution in [1.29, 1.82) is 0 Å². The second kappa shape index (κ2) is 5.71. The van der Waals surface area contributed by atoms with E-state index in [1.807, 2.05) is 6.92 Å². The van der Waals surface area contributed by atoms with E-state index in [-0.39, 0.29) is 40.1 Å². The largest absolute Gasteiger partial charge is 0.567 e. The van der Waals surface area contributed by atoms with Crippen LogP contribution in [0.3, 0.4) is 0 Å². The maximum atomic E-state index is 4.52. The standard InChI is InChI=1S/C4H6NO.CH3.Y/c1-4-2-3-6-5-4;;/h3H,2H2,1H3;1H3;/q2*-1;. The summed E-state index contributed by atoms with van der Waals surface area (Å²) in [6.45, 7) is 3.61. The normalized spacial score (nSPS) is 14.9. The summed E-state index contributed by atoms with van der Waals surface area (Å²) in [5.74, 6) is 0. The van der Waals surface area contributed by atoms with Crippen molar-refractivity contribution in [1.82, 2.24) is 0 Å². The van der Waals surface area contributed by atoms with Crippen molar-refractivity contribution in [3.05, 3.63) is 14.0 Å². The van der Waals surface area contributed by atoms with Gasteiger partial charge in [-0.05, 0) is 6.92 Å². The van der Waals surface area contributed by atoms with Crippen molar-refractivity contribution in [3.63, 3.8) is 0 Å². The van der Waals surface area contributed by atoms with Crippen LogP contribution in [-0.4, -0.2) is 5.71 Å². The molecule has 0 saturated carbocycles. The van der Waals surface area contributed by atoms with E-state index in [2.05, 4.69) is 9.99 Å². The third-order valence-electron chi connectivity index (χ3n) is 0.662. The van der Waals surface area contributed by atoms with Crippen LogP contribution in [0.25, 0.3) is 0 Å². The van der Waals surface area contributed by atoms with Gasteiger partial charge in [0.25, 0.3) is 0 Å². The third-order valence-corrected chi connectivity index (χ3v) is 0.662. The van der Waals surface area contributed by atoms with Gasteiger partial charge in [0.1, 0.15) is 0 Å². The van der Waals surface area contributed by atoms with Gasteiger partial charge in [0, 0.05) is 38.4 Å². The molecule has 0 aliphatic carbocycles. The van der Waals surface area contributed by atoms with Crippen molar-refractivity contribution in [3.8, 4) is 0 Å². The molecule has 2 nitrogen and oxygen atoms in total. The van der Waals surface area contributed by atoms with E-state index >= 15 is 0 Å². The molecule has 3 heteroatoms. The Morgan fingerprint density at radius 3 is 2.50 bits per heavy atom. The van der Waals surface area contributed by atoms with Crippen LogP contribution in [0.4, 0.5) is 0 Å². The van der Waals surface area contributed by atoms with Crippen LogP contribution in [0.2, 0.25) is 0 Å². The SMILES string of the molecule is CC1=NO[CH-]C1.[CH3-].[Y]. The molecule has 1 aliphatic heterocycles. The Morgan fingerprint density at radius 1 is 1.75 bits per heavy atom. The fraction of sp³-hybridized carbons (Fsp3) is 0.400. The molecule has 1 heterocycles. The Bertz CT molecular complexity index is 82.5. The minimum Gasteiger partial charge on any atom is -0.567 e. The van der Waals surface area contributed by atoms with Crippen LogP contribution in [0.1, 0.15) is 13.3 Å². The zero-order valence-corrected chi connectivity index (χ0v) is 8.06. The van der Waals surface area contributed by atoms with Crippen molar-refractivity contribution in [2.75, 3.05) is 0 Å². The van der Waals surface area contributed by atoms with E-state index < -0.39 is 0 Å². The average molecular weight is 188 g/mol. The van der Waals surface area contributed by atoms with E-state index in [1.165, 1.54) is 0 Å². The molecule has 0 aromatic heterocycles. The monoisotopic (exact) mass is 188 g/mol. The third kappa shape index (κ3) is 3.56. The minimum absolute atomic E-state index is 0. The second-order valence-corrected chi connectivity index (χ2v) is 1.30. The van der Waals surface area contributed by atoms with Crippen molar-refractivity contribution in [2.24, 2.45) is 5.16 Å². The molecule has 0 atom stereocenters. The summed E-state index contributed by atoms with van der Waals surface area (Å²) in [4.78, 5) is 4.52. The first kappa shape index (κ1) is 11.4. The quantitative estimate of drug-likeness (QED) is 0.526. The molecule has 1 rings (SSSR count). The molecule has 0 spiro atoms. The zero-order chi connectivity index (χ0) is 4.41. The average Bonchev–Trinajstić information content (AvgIpc) is 1.86. The molecule has 0 amide bonds. The Balaban J connectivity index is 0. The van der Waals surface area contributed by atoms with Gasteiger partial charge in [0.2, 0.25) is 0 Å². The van der Waals surface area contributed by atoms with Crippen molar-refractivity contribution >= 4 is 5.71 Å². The molecule has 0 bridgehead atoms. The predicted molar refractivity (Wildman–Crippen MR) is 29.5 cm³/mol. The number of nitrogens with zero attached hydrogens (tertiary/aromatic N) is 1. The van der Waals surface area contributed by atoms with Gasteiger partial charge in [-0.15, -0.1) is 18.2 Å². The van der Waals surface area contributed by atoms with E-state index in [0.29, 0.717) is 0 Å². The first-order chi connectivity index (χ1) is 2.89. The fourth-order valence-corrected chi connectivity index (χ4v) is 0.322. The molecule has 0 unspecified atom stereocenters. The first-order valence-corrected chi connectivity index (χ1v) is 1.90. The Morgan fingerprint density at radius 2 is 2.38 bits per heavy atom. The molecule has 8 heavy (non-hydrogen) atoms. The zero-order valence-electron chi connectivity index (χ0n) is 5.22. The molecular formula is C5H9NOY-2. The van der Waals surface area contributed by atoms with Gasteiger partial charge in [-0.3, -0.25) is 0 Å². The number of hydrogen-bond acceptors (Lipinski definition) is 2. The topological polar surface area (TPSA) is 21.6 Å². The molecule has 45 valence electrons. The molecule has 1 radical (unpaired) electrons. The summed E-state index contributed by atoms with van der Waals surface area (Å²) in [6.07, 6.45) is 0.889. The van der Waals surface area contributed by atoms with Crippen LogP contribution >= 0.6 is 0 Å². The van der Waals surface area contributed by atoms with Crippen LogP contribution < -0.4 is 0 Å². The van der Waals surface area contributed by atoms with Gasteiger partial charge >= 0.3 is 0 Å². The number of hydrogen-bond donors (Lipinski definition) is 0.